The maximum atomic E-state index is 12.2. The third kappa shape index (κ3) is 3.17. The van der Waals surface area contributed by atoms with Crippen LogP contribution in [-0.2, 0) is 4.79 Å². The molecular weight excluding hydrogens is 264 g/mol. The summed E-state index contributed by atoms with van der Waals surface area (Å²) in [5, 5.41) is 0. The van der Waals surface area contributed by atoms with Gasteiger partial charge in [0.05, 0.1) is 0 Å². The van der Waals surface area contributed by atoms with Gasteiger partial charge in [0.1, 0.15) is 0 Å². The number of aromatic nitrogens is 2. The summed E-state index contributed by atoms with van der Waals surface area (Å²) in [6.07, 6.45) is 4.30. The Morgan fingerprint density at radius 1 is 1.24 bits per heavy atom. The monoisotopic (exact) mass is 288 g/mol. The van der Waals surface area contributed by atoms with Crippen LogP contribution in [0.5, 0.6) is 0 Å². The first-order valence-corrected chi connectivity index (χ1v) is 7.88. The fourth-order valence-electron chi connectivity index (χ4n) is 3.10. The number of hydrogen-bond acceptors (Lipinski definition) is 4. The Kier molecular flexibility index (Phi) is 3.83. The summed E-state index contributed by atoms with van der Waals surface area (Å²) in [7, 11) is 1.96. The zero-order chi connectivity index (χ0) is 15.0. The van der Waals surface area contributed by atoms with Gasteiger partial charge >= 0.3 is 0 Å². The molecule has 1 unspecified atom stereocenters. The van der Waals surface area contributed by atoms with E-state index >= 15 is 0 Å². The minimum atomic E-state index is 0.288. The quantitative estimate of drug-likeness (QED) is 0.853. The second-order valence-electron chi connectivity index (χ2n) is 6.42. The van der Waals surface area contributed by atoms with Gasteiger partial charge in [-0.2, -0.15) is 0 Å². The first kappa shape index (κ1) is 14.3. The van der Waals surface area contributed by atoms with E-state index in [1.807, 2.05) is 31.9 Å². The molecule has 1 aliphatic heterocycles. The Morgan fingerprint density at radius 2 is 1.90 bits per heavy atom. The van der Waals surface area contributed by atoms with Crippen LogP contribution in [0.3, 0.4) is 0 Å². The zero-order valence-electron chi connectivity index (χ0n) is 13.2. The maximum Gasteiger partial charge on any atom is 0.225 e. The Hall–Kier alpha value is -1.65. The Morgan fingerprint density at radius 3 is 2.52 bits per heavy atom. The summed E-state index contributed by atoms with van der Waals surface area (Å²) >= 11 is 0. The molecule has 5 heteroatoms. The molecule has 0 aromatic carbocycles. The number of nitrogens with zero attached hydrogens (tertiary/aromatic N) is 4. The normalized spacial score (nSPS) is 22.2. The Balaban J connectivity index is 1.71. The highest BCUT2D eigenvalue weighted by molar-refractivity contribution is 5.81. The van der Waals surface area contributed by atoms with Crippen molar-refractivity contribution in [2.24, 2.45) is 5.92 Å². The van der Waals surface area contributed by atoms with E-state index in [2.05, 4.69) is 14.9 Å². The minimum absolute atomic E-state index is 0.288. The number of aryl methyl sites for hydroxylation is 2. The maximum absolute atomic E-state index is 12.2. The van der Waals surface area contributed by atoms with E-state index in [9.17, 15) is 4.79 Å². The average Bonchev–Trinajstić information content (AvgIpc) is 3.29. The molecule has 1 aromatic heterocycles. The summed E-state index contributed by atoms with van der Waals surface area (Å²) in [6, 6.07) is 2.28. The summed E-state index contributed by atoms with van der Waals surface area (Å²) in [5.74, 6) is 1.43. The van der Waals surface area contributed by atoms with E-state index in [0.29, 0.717) is 11.8 Å². The number of carbonyl (C=O) groups excluding carboxylic acids is 1. The first-order chi connectivity index (χ1) is 10.0. The molecule has 2 aliphatic rings. The summed E-state index contributed by atoms with van der Waals surface area (Å²) in [4.78, 5) is 25.5. The lowest BCUT2D eigenvalue weighted by Gasteiger charge is -2.37. The van der Waals surface area contributed by atoms with E-state index in [-0.39, 0.29) is 6.04 Å². The van der Waals surface area contributed by atoms with Crippen molar-refractivity contribution in [3.8, 4) is 0 Å². The molecule has 1 saturated heterocycles. The molecule has 21 heavy (non-hydrogen) atoms. The largest absolute Gasteiger partial charge is 0.341 e. The van der Waals surface area contributed by atoms with Gasteiger partial charge in [-0.3, -0.25) is 4.79 Å². The Labute approximate surface area is 126 Å². The number of likely N-dealkylation sites (N-methyl/N-ethyl adjacent to an activating group) is 1. The summed E-state index contributed by atoms with van der Waals surface area (Å²) in [6.45, 7) is 5.83. The van der Waals surface area contributed by atoms with Crippen LogP contribution in [0.15, 0.2) is 6.07 Å². The van der Waals surface area contributed by atoms with Crippen molar-refractivity contribution in [1.29, 1.82) is 0 Å². The molecule has 0 N–H and O–H groups in total. The van der Waals surface area contributed by atoms with Gasteiger partial charge < -0.3 is 9.80 Å². The topological polar surface area (TPSA) is 49.3 Å². The van der Waals surface area contributed by atoms with Gasteiger partial charge in [-0.15, -0.1) is 0 Å². The second kappa shape index (κ2) is 5.62. The molecule has 0 spiro atoms. The third-order valence-electron chi connectivity index (χ3n) is 4.47. The summed E-state index contributed by atoms with van der Waals surface area (Å²) < 4.78 is 0. The van der Waals surface area contributed by atoms with Crippen LogP contribution in [0, 0.1) is 19.8 Å². The third-order valence-corrected chi connectivity index (χ3v) is 4.47. The molecule has 5 nitrogen and oxygen atoms in total. The molecule has 3 rings (SSSR count). The first-order valence-electron chi connectivity index (χ1n) is 7.88. The summed E-state index contributed by atoms with van der Waals surface area (Å²) in [5.41, 5.74) is 2.00. The van der Waals surface area contributed by atoms with Crippen LogP contribution in [0.1, 0.15) is 37.1 Å². The van der Waals surface area contributed by atoms with Crippen LogP contribution in [0.4, 0.5) is 5.95 Å². The smallest absolute Gasteiger partial charge is 0.225 e. The SMILES string of the molecule is Cc1cc(C)nc(N2CCCC(N(C)C(=O)C3CC3)C2)n1. The lowest BCUT2D eigenvalue weighted by Crippen LogP contribution is -2.49. The fraction of sp³-hybridized carbons (Fsp3) is 0.688. The average molecular weight is 288 g/mol. The molecule has 1 amide bonds. The molecule has 114 valence electrons. The van der Waals surface area contributed by atoms with E-state index < -0.39 is 0 Å². The molecule has 0 bridgehead atoms. The van der Waals surface area contributed by atoms with E-state index in [1.165, 1.54) is 0 Å². The number of rotatable bonds is 3. The predicted molar refractivity (Wildman–Crippen MR) is 82.2 cm³/mol. The fourth-order valence-corrected chi connectivity index (χ4v) is 3.10. The lowest BCUT2D eigenvalue weighted by atomic mass is 10.0. The van der Waals surface area contributed by atoms with Gasteiger partial charge in [-0.1, -0.05) is 0 Å². The number of anilines is 1. The van der Waals surface area contributed by atoms with Crippen molar-refractivity contribution < 1.29 is 4.79 Å². The number of hydrogen-bond donors (Lipinski definition) is 0. The van der Waals surface area contributed by atoms with Crippen LogP contribution in [0.25, 0.3) is 0 Å². The minimum Gasteiger partial charge on any atom is -0.341 e. The van der Waals surface area contributed by atoms with Crippen molar-refractivity contribution >= 4 is 11.9 Å². The van der Waals surface area contributed by atoms with Gasteiger partial charge in [-0.05, 0) is 45.6 Å². The molecule has 1 aliphatic carbocycles. The van der Waals surface area contributed by atoms with E-state index in [0.717, 1.165) is 56.1 Å². The van der Waals surface area contributed by atoms with Crippen LogP contribution < -0.4 is 4.90 Å². The van der Waals surface area contributed by atoms with Gasteiger partial charge in [0.2, 0.25) is 11.9 Å². The van der Waals surface area contributed by atoms with Crippen LogP contribution >= 0.6 is 0 Å². The molecular formula is C16H24N4O. The second-order valence-corrected chi connectivity index (χ2v) is 6.42. The van der Waals surface area contributed by atoms with Gasteiger partial charge in [-0.25, -0.2) is 9.97 Å². The number of carbonyl (C=O) groups is 1. The van der Waals surface area contributed by atoms with Gasteiger partial charge in [0, 0.05) is 43.5 Å². The van der Waals surface area contributed by atoms with Crippen molar-refractivity contribution in [3.05, 3.63) is 17.5 Å². The molecule has 1 atom stereocenters. The number of amides is 1. The van der Waals surface area contributed by atoms with Crippen molar-refractivity contribution in [3.63, 3.8) is 0 Å². The van der Waals surface area contributed by atoms with Gasteiger partial charge in [0.25, 0.3) is 0 Å². The zero-order valence-corrected chi connectivity index (χ0v) is 13.2. The van der Waals surface area contributed by atoms with Crippen molar-refractivity contribution in [2.75, 3.05) is 25.0 Å². The standard InChI is InChI=1S/C16H24N4O/c1-11-9-12(2)18-16(17-11)20-8-4-5-14(10-20)19(3)15(21)13-6-7-13/h9,13-14H,4-8,10H2,1-3H3. The molecule has 2 heterocycles. The highest BCUT2D eigenvalue weighted by Crippen LogP contribution is 2.32. The van der Waals surface area contributed by atoms with E-state index in [4.69, 9.17) is 0 Å². The highest BCUT2D eigenvalue weighted by atomic mass is 16.2. The van der Waals surface area contributed by atoms with Crippen LogP contribution in [-0.4, -0.2) is 47.0 Å². The van der Waals surface area contributed by atoms with Gasteiger partial charge in [0.15, 0.2) is 0 Å². The Bertz CT molecular complexity index is 521. The predicted octanol–water partition coefficient (Wildman–Crippen LogP) is 1.93. The molecule has 1 aromatic rings. The number of piperidine rings is 1. The van der Waals surface area contributed by atoms with Crippen molar-refractivity contribution in [1.82, 2.24) is 14.9 Å². The van der Waals surface area contributed by atoms with E-state index in [1.54, 1.807) is 0 Å². The lowest BCUT2D eigenvalue weighted by molar-refractivity contribution is -0.133. The molecule has 1 saturated carbocycles. The van der Waals surface area contributed by atoms with Crippen molar-refractivity contribution in [2.45, 2.75) is 45.6 Å². The highest BCUT2D eigenvalue weighted by Gasteiger charge is 2.36. The van der Waals surface area contributed by atoms with Crippen LogP contribution in [0.2, 0.25) is 0 Å². The molecule has 2 fully saturated rings. The molecule has 0 radical (unpaired) electrons.